The lowest BCUT2D eigenvalue weighted by Gasteiger charge is -2.32. The van der Waals surface area contributed by atoms with Gasteiger partial charge in [0.2, 0.25) is 0 Å². The van der Waals surface area contributed by atoms with Gasteiger partial charge in [-0.15, -0.1) is 11.3 Å². The van der Waals surface area contributed by atoms with E-state index < -0.39 is 0 Å². The number of halogens is 1. The van der Waals surface area contributed by atoms with Crippen LogP contribution in [-0.2, 0) is 13.1 Å². The number of piperidine rings is 1. The van der Waals surface area contributed by atoms with Crippen LogP contribution in [0.15, 0.2) is 41.8 Å². The molecule has 3 rings (SSSR count). The molecule has 2 amide bonds. The number of nitrogens with zero attached hydrogens (tertiary/aromatic N) is 2. The van der Waals surface area contributed by atoms with Crippen molar-refractivity contribution in [1.82, 2.24) is 15.1 Å². The number of benzene rings is 1. The highest BCUT2D eigenvalue weighted by Gasteiger charge is 2.21. The van der Waals surface area contributed by atoms with Gasteiger partial charge >= 0.3 is 6.03 Å². The Bertz CT molecular complexity index is 707. The van der Waals surface area contributed by atoms with Crippen molar-refractivity contribution in [2.24, 2.45) is 5.92 Å². The summed E-state index contributed by atoms with van der Waals surface area (Å²) in [5.41, 5.74) is 0.964. The SMILES string of the molecule is CN(Cc1ccccc1Cl)C(=O)NCC1CCCN(Cc2cccs2)C1. The van der Waals surface area contributed by atoms with E-state index in [1.165, 1.54) is 17.7 Å². The average Bonchev–Trinajstić information content (AvgIpc) is 3.15. The molecule has 140 valence electrons. The van der Waals surface area contributed by atoms with Gasteiger partial charge < -0.3 is 10.2 Å². The first-order valence-electron chi connectivity index (χ1n) is 9.09. The predicted molar refractivity (Wildman–Crippen MR) is 109 cm³/mol. The molecule has 1 N–H and O–H groups in total. The van der Waals surface area contributed by atoms with E-state index in [0.717, 1.165) is 31.7 Å². The van der Waals surface area contributed by atoms with Crippen molar-refractivity contribution in [3.8, 4) is 0 Å². The molecule has 0 bridgehead atoms. The molecule has 2 heterocycles. The van der Waals surface area contributed by atoms with Crippen molar-refractivity contribution in [3.05, 3.63) is 57.2 Å². The van der Waals surface area contributed by atoms with Gasteiger partial charge in [-0.2, -0.15) is 0 Å². The molecule has 1 aliphatic rings. The number of nitrogens with one attached hydrogen (secondary N) is 1. The molecule has 1 aromatic carbocycles. The van der Waals surface area contributed by atoms with Crippen LogP contribution in [0.3, 0.4) is 0 Å². The summed E-state index contributed by atoms with van der Waals surface area (Å²) in [5, 5.41) is 5.92. The van der Waals surface area contributed by atoms with Crippen LogP contribution in [0.4, 0.5) is 4.79 Å². The minimum atomic E-state index is -0.0414. The van der Waals surface area contributed by atoms with E-state index in [9.17, 15) is 4.79 Å². The first-order chi connectivity index (χ1) is 12.6. The fourth-order valence-corrected chi connectivity index (χ4v) is 4.35. The molecule has 0 radical (unpaired) electrons. The van der Waals surface area contributed by atoms with E-state index in [1.54, 1.807) is 4.90 Å². The van der Waals surface area contributed by atoms with Crippen LogP contribution in [0.2, 0.25) is 5.02 Å². The first-order valence-corrected chi connectivity index (χ1v) is 10.3. The number of likely N-dealkylation sites (tertiary alicyclic amines) is 1. The van der Waals surface area contributed by atoms with Crippen LogP contribution >= 0.6 is 22.9 Å². The Morgan fingerprint density at radius 2 is 2.19 bits per heavy atom. The first kappa shape index (κ1) is 19.2. The second kappa shape index (κ2) is 9.40. The maximum absolute atomic E-state index is 12.4. The summed E-state index contributed by atoms with van der Waals surface area (Å²) in [5.74, 6) is 0.515. The van der Waals surface area contributed by atoms with E-state index in [2.05, 4.69) is 27.7 Å². The van der Waals surface area contributed by atoms with Gasteiger partial charge in [0.1, 0.15) is 0 Å². The standard InChI is InChI=1S/C20H26ClN3OS/c1-23(14-17-7-2-3-9-19(17)21)20(25)22-12-16-6-4-10-24(13-16)15-18-8-5-11-26-18/h2-3,5,7-9,11,16H,4,6,10,12-15H2,1H3,(H,22,25). The highest BCUT2D eigenvalue weighted by Crippen LogP contribution is 2.20. The van der Waals surface area contributed by atoms with E-state index in [4.69, 9.17) is 11.6 Å². The Labute approximate surface area is 164 Å². The quantitative estimate of drug-likeness (QED) is 0.789. The molecule has 0 saturated carbocycles. The molecular formula is C20H26ClN3OS. The number of carbonyl (C=O) groups is 1. The summed E-state index contributed by atoms with van der Waals surface area (Å²) in [4.78, 5) is 18.0. The Morgan fingerprint density at radius 1 is 1.35 bits per heavy atom. The molecule has 1 aromatic heterocycles. The van der Waals surface area contributed by atoms with Gasteiger partial charge in [-0.25, -0.2) is 4.79 Å². The largest absolute Gasteiger partial charge is 0.338 e. The van der Waals surface area contributed by atoms with Crippen molar-refractivity contribution in [2.75, 3.05) is 26.7 Å². The Kier molecular flexibility index (Phi) is 6.94. The minimum Gasteiger partial charge on any atom is -0.338 e. The Balaban J connectivity index is 1.44. The second-order valence-electron chi connectivity index (χ2n) is 6.96. The molecule has 6 heteroatoms. The van der Waals surface area contributed by atoms with Crippen molar-refractivity contribution in [3.63, 3.8) is 0 Å². The highest BCUT2D eigenvalue weighted by molar-refractivity contribution is 7.09. The summed E-state index contributed by atoms with van der Waals surface area (Å²) in [6.07, 6.45) is 2.37. The smallest absolute Gasteiger partial charge is 0.317 e. The van der Waals surface area contributed by atoms with Gasteiger partial charge in [0.15, 0.2) is 0 Å². The number of thiophene rings is 1. The zero-order valence-corrected chi connectivity index (χ0v) is 16.7. The van der Waals surface area contributed by atoms with E-state index in [-0.39, 0.29) is 6.03 Å². The van der Waals surface area contributed by atoms with E-state index in [0.29, 0.717) is 17.5 Å². The molecule has 26 heavy (non-hydrogen) atoms. The Hall–Kier alpha value is -1.56. The van der Waals surface area contributed by atoms with Crippen molar-refractivity contribution in [1.29, 1.82) is 0 Å². The number of rotatable bonds is 6. The minimum absolute atomic E-state index is 0.0414. The van der Waals surface area contributed by atoms with Gasteiger partial charge in [-0.3, -0.25) is 4.90 Å². The number of carbonyl (C=O) groups excluding carboxylic acids is 1. The molecule has 1 unspecified atom stereocenters. The van der Waals surface area contributed by atoms with Crippen LogP contribution in [0.1, 0.15) is 23.3 Å². The summed E-state index contributed by atoms with van der Waals surface area (Å²) in [6.45, 7) is 4.46. The van der Waals surface area contributed by atoms with Crippen LogP contribution < -0.4 is 5.32 Å². The summed E-state index contributed by atoms with van der Waals surface area (Å²) < 4.78 is 0. The molecular weight excluding hydrogens is 366 g/mol. The van der Waals surface area contributed by atoms with Crippen LogP contribution in [-0.4, -0.2) is 42.5 Å². The number of amides is 2. The average molecular weight is 392 g/mol. The van der Waals surface area contributed by atoms with Gasteiger partial charge in [-0.1, -0.05) is 35.9 Å². The maximum atomic E-state index is 12.4. The lowest BCUT2D eigenvalue weighted by atomic mass is 9.98. The highest BCUT2D eigenvalue weighted by atomic mass is 35.5. The monoisotopic (exact) mass is 391 g/mol. The molecule has 4 nitrogen and oxygen atoms in total. The topological polar surface area (TPSA) is 35.6 Å². The summed E-state index contributed by atoms with van der Waals surface area (Å²) >= 11 is 8.00. The third-order valence-corrected chi connectivity index (χ3v) is 6.05. The normalized spacial score (nSPS) is 17.8. The molecule has 1 saturated heterocycles. The molecule has 0 spiro atoms. The molecule has 1 aliphatic heterocycles. The fraction of sp³-hybridized carbons (Fsp3) is 0.450. The third-order valence-electron chi connectivity index (χ3n) is 4.82. The van der Waals surface area contributed by atoms with Gasteiger partial charge in [0, 0.05) is 43.1 Å². The van der Waals surface area contributed by atoms with Crippen molar-refractivity contribution in [2.45, 2.75) is 25.9 Å². The summed E-state index contributed by atoms with van der Waals surface area (Å²) in [7, 11) is 1.81. The van der Waals surface area contributed by atoms with Gasteiger partial charge in [0.05, 0.1) is 0 Å². The van der Waals surface area contributed by atoms with E-state index in [1.807, 2.05) is 42.6 Å². The lowest BCUT2D eigenvalue weighted by Crippen LogP contribution is -2.43. The van der Waals surface area contributed by atoms with Crippen LogP contribution in [0, 0.1) is 5.92 Å². The lowest BCUT2D eigenvalue weighted by molar-refractivity contribution is 0.162. The van der Waals surface area contributed by atoms with E-state index >= 15 is 0 Å². The van der Waals surface area contributed by atoms with Gasteiger partial charge in [0.25, 0.3) is 0 Å². The number of urea groups is 1. The second-order valence-corrected chi connectivity index (χ2v) is 8.40. The molecule has 2 aromatic rings. The van der Waals surface area contributed by atoms with Crippen LogP contribution in [0.5, 0.6) is 0 Å². The summed E-state index contributed by atoms with van der Waals surface area (Å²) in [6, 6.07) is 11.9. The van der Waals surface area contributed by atoms with Crippen molar-refractivity contribution >= 4 is 29.0 Å². The zero-order chi connectivity index (χ0) is 18.4. The number of hydrogen-bond acceptors (Lipinski definition) is 3. The maximum Gasteiger partial charge on any atom is 0.317 e. The Morgan fingerprint density at radius 3 is 2.96 bits per heavy atom. The van der Waals surface area contributed by atoms with Crippen LogP contribution in [0.25, 0.3) is 0 Å². The third kappa shape index (κ3) is 5.47. The molecule has 1 atom stereocenters. The van der Waals surface area contributed by atoms with Crippen molar-refractivity contribution < 1.29 is 4.79 Å². The predicted octanol–water partition coefficient (Wildman–Crippen LogP) is 4.46. The molecule has 1 fully saturated rings. The fourth-order valence-electron chi connectivity index (χ4n) is 3.40. The zero-order valence-electron chi connectivity index (χ0n) is 15.2. The van der Waals surface area contributed by atoms with Gasteiger partial charge in [-0.05, 0) is 48.4 Å². The number of hydrogen-bond donors (Lipinski definition) is 1. The molecule has 0 aliphatic carbocycles.